The number of carboxylic acid groups (broad SMARTS) is 1. The molecule has 0 amide bonds. The Morgan fingerprint density at radius 3 is 2.54 bits per heavy atom. The Hall–Kier alpha value is -1.02. The van der Waals surface area contributed by atoms with E-state index in [4.69, 9.17) is 16.7 Å². The molecule has 0 aliphatic rings. The number of aliphatic carboxylic acids is 1. The lowest BCUT2D eigenvalue weighted by molar-refractivity contribution is -0.136. The molecular formula is C10H11ClO2. The average molecular weight is 199 g/mol. The molecule has 0 aromatic heterocycles. The normalized spacial score (nSPS) is 12.5. The van der Waals surface area contributed by atoms with Crippen LogP contribution in [0.3, 0.4) is 0 Å². The molecule has 0 saturated carbocycles. The third-order valence-electron chi connectivity index (χ3n) is 1.92. The lowest BCUT2D eigenvalue weighted by atomic mass is 10.0. The standard InChI is InChI=1S/C10H11ClO2/c1-6-3-4-8(7(2)5-6)9(11)10(12)13/h3-5,9H,1-2H3,(H,12,13). The maximum Gasteiger partial charge on any atom is 0.326 e. The van der Waals surface area contributed by atoms with Crippen LogP contribution < -0.4 is 0 Å². The van der Waals surface area contributed by atoms with E-state index in [-0.39, 0.29) is 0 Å². The summed E-state index contributed by atoms with van der Waals surface area (Å²) in [5.74, 6) is -1.01. The summed E-state index contributed by atoms with van der Waals surface area (Å²) in [5, 5.41) is 7.75. The zero-order chi connectivity index (χ0) is 10.0. The highest BCUT2D eigenvalue weighted by atomic mass is 35.5. The van der Waals surface area contributed by atoms with Gasteiger partial charge in [-0.1, -0.05) is 23.8 Å². The predicted octanol–water partition coefficient (Wildman–Crippen LogP) is 2.67. The number of halogens is 1. The monoisotopic (exact) mass is 198 g/mol. The maximum atomic E-state index is 10.6. The third-order valence-corrected chi connectivity index (χ3v) is 2.34. The highest BCUT2D eigenvalue weighted by Crippen LogP contribution is 2.24. The summed E-state index contributed by atoms with van der Waals surface area (Å²) < 4.78 is 0. The second kappa shape index (κ2) is 3.79. The molecule has 0 heterocycles. The lowest BCUT2D eigenvalue weighted by Gasteiger charge is -2.08. The van der Waals surface area contributed by atoms with Gasteiger partial charge in [-0.2, -0.15) is 0 Å². The first-order chi connectivity index (χ1) is 6.02. The molecule has 0 radical (unpaired) electrons. The zero-order valence-electron chi connectivity index (χ0n) is 7.54. The van der Waals surface area contributed by atoms with Crippen LogP contribution in [0, 0.1) is 13.8 Å². The van der Waals surface area contributed by atoms with Crippen LogP contribution in [-0.2, 0) is 4.79 Å². The molecule has 0 fully saturated rings. The fourth-order valence-electron chi connectivity index (χ4n) is 1.24. The van der Waals surface area contributed by atoms with Gasteiger partial charge in [0.2, 0.25) is 0 Å². The molecule has 1 N–H and O–H groups in total. The highest BCUT2D eigenvalue weighted by Gasteiger charge is 2.17. The summed E-state index contributed by atoms with van der Waals surface area (Å²) >= 11 is 5.70. The Morgan fingerprint density at radius 2 is 2.08 bits per heavy atom. The summed E-state index contributed by atoms with van der Waals surface area (Å²) in [5.41, 5.74) is 2.69. The maximum absolute atomic E-state index is 10.6. The van der Waals surface area contributed by atoms with Crippen molar-refractivity contribution >= 4 is 17.6 Å². The Kier molecular flexibility index (Phi) is 2.94. The van der Waals surface area contributed by atoms with Crippen molar-refractivity contribution in [3.8, 4) is 0 Å². The molecule has 1 unspecified atom stereocenters. The van der Waals surface area contributed by atoms with E-state index in [0.717, 1.165) is 11.1 Å². The Labute approximate surface area is 82.2 Å². The fraction of sp³-hybridized carbons (Fsp3) is 0.300. The number of hydrogen-bond acceptors (Lipinski definition) is 1. The summed E-state index contributed by atoms with van der Waals surface area (Å²) in [6.07, 6.45) is 0. The minimum Gasteiger partial charge on any atom is -0.480 e. The number of benzene rings is 1. The fourth-order valence-corrected chi connectivity index (χ4v) is 1.49. The van der Waals surface area contributed by atoms with Crippen LogP contribution in [0.1, 0.15) is 22.1 Å². The molecule has 1 aromatic carbocycles. The molecule has 1 atom stereocenters. The highest BCUT2D eigenvalue weighted by molar-refractivity contribution is 6.29. The molecule has 0 bridgehead atoms. The number of rotatable bonds is 2. The van der Waals surface area contributed by atoms with Crippen molar-refractivity contribution in [1.82, 2.24) is 0 Å². The summed E-state index contributed by atoms with van der Waals surface area (Å²) in [4.78, 5) is 10.6. The van der Waals surface area contributed by atoms with E-state index in [0.29, 0.717) is 5.56 Å². The number of hydrogen-bond donors (Lipinski definition) is 1. The van der Waals surface area contributed by atoms with Gasteiger partial charge < -0.3 is 5.11 Å². The van der Waals surface area contributed by atoms with Gasteiger partial charge in [-0.05, 0) is 25.0 Å². The number of alkyl halides is 1. The predicted molar refractivity (Wildman–Crippen MR) is 52.1 cm³/mol. The average Bonchev–Trinajstić information content (AvgIpc) is 2.03. The van der Waals surface area contributed by atoms with E-state index in [9.17, 15) is 4.79 Å². The van der Waals surface area contributed by atoms with E-state index in [1.54, 1.807) is 6.07 Å². The van der Waals surface area contributed by atoms with E-state index < -0.39 is 11.3 Å². The van der Waals surface area contributed by atoms with Crippen molar-refractivity contribution in [1.29, 1.82) is 0 Å². The summed E-state index contributed by atoms with van der Waals surface area (Å²) in [6.45, 7) is 3.82. The second-order valence-corrected chi connectivity index (χ2v) is 3.50. The van der Waals surface area contributed by atoms with Crippen LogP contribution in [0.15, 0.2) is 18.2 Å². The molecule has 3 heteroatoms. The van der Waals surface area contributed by atoms with E-state index in [1.165, 1.54) is 0 Å². The Morgan fingerprint density at radius 1 is 1.46 bits per heavy atom. The van der Waals surface area contributed by atoms with Crippen LogP contribution in [0.5, 0.6) is 0 Å². The van der Waals surface area contributed by atoms with Crippen molar-refractivity contribution in [2.45, 2.75) is 19.2 Å². The van der Waals surface area contributed by atoms with Gasteiger partial charge in [-0.25, -0.2) is 0 Å². The number of carboxylic acids is 1. The van der Waals surface area contributed by atoms with Crippen molar-refractivity contribution in [2.75, 3.05) is 0 Å². The molecule has 13 heavy (non-hydrogen) atoms. The van der Waals surface area contributed by atoms with Gasteiger partial charge in [0.15, 0.2) is 5.38 Å². The van der Waals surface area contributed by atoms with Crippen LogP contribution in [-0.4, -0.2) is 11.1 Å². The molecule has 0 spiro atoms. The van der Waals surface area contributed by atoms with Crippen LogP contribution in [0.25, 0.3) is 0 Å². The van der Waals surface area contributed by atoms with Crippen molar-refractivity contribution < 1.29 is 9.90 Å². The van der Waals surface area contributed by atoms with Gasteiger partial charge in [0.1, 0.15) is 0 Å². The van der Waals surface area contributed by atoms with Crippen LogP contribution >= 0.6 is 11.6 Å². The quantitative estimate of drug-likeness (QED) is 0.742. The van der Waals surface area contributed by atoms with Gasteiger partial charge in [0.05, 0.1) is 0 Å². The molecular weight excluding hydrogens is 188 g/mol. The van der Waals surface area contributed by atoms with E-state index in [1.807, 2.05) is 26.0 Å². The van der Waals surface area contributed by atoms with Crippen LogP contribution in [0.2, 0.25) is 0 Å². The SMILES string of the molecule is Cc1ccc(C(Cl)C(=O)O)c(C)c1. The third kappa shape index (κ3) is 2.22. The topological polar surface area (TPSA) is 37.3 Å². The van der Waals surface area contributed by atoms with Crippen molar-refractivity contribution in [3.05, 3.63) is 34.9 Å². The van der Waals surface area contributed by atoms with Gasteiger partial charge in [-0.15, -0.1) is 11.6 Å². The van der Waals surface area contributed by atoms with Gasteiger partial charge in [-0.3, -0.25) is 4.79 Å². The zero-order valence-corrected chi connectivity index (χ0v) is 8.30. The first-order valence-electron chi connectivity index (χ1n) is 3.96. The number of carbonyl (C=O) groups is 1. The molecule has 0 saturated heterocycles. The van der Waals surface area contributed by atoms with Crippen molar-refractivity contribution in [2.24, 2.45) is 0 Å². The molecule has 1 aromatic rings. The molecule has 0 aliphatic heterocycles. The summed E-state index contributed by atoms with van der Waals surface area (Å²) in [6, 6.07) is 5.55. The Balaban J connectivity index is 3.08. The van der Waals surface area contributed by atoms with Gasteiger partial charge in [0.25, 0.3) is 0 Å². The second-order valence-electron chi connectivity index (χ2n) is 3.06. The molecule has 2 nitrogen and oxygen atoms in total. The van der Waals surface area contributed by atoms with Gasteiger partial charge in [0, 0.05) is 0 Å². The minimum absolute atomic E-state index is 0.666. The van der Waals surface area contributed by atoms with Crippen LogP contribution in [0.4, 0.5) is 0 Å². The van der Waals surface area contributed by atoms with E-state index in [2.05, 4.69) is 0 Å². The molecule has 70 valence electrons. The minimum atomic E-state index is -1.01. The first kappa shape index (κ1) is 10.1. The smallest absolute Gasteiger partial charge is 0.326 e. The molecule has 0 aliphatic carbocycles. The largest absolute Gasteiger partial charge is 0.480 e. The van der Waals surface area contributed by atoms with Gasteiger partial charge >= 0.3 is 5.97 Å². The van der Waals surface area contributed by atoms with Crippen molar-refractivity contribution in [3.63, 3.8) is 0 Å². The van der Waals surface area contributed by atoms with E-state index >= 15 is 0 Å². The first-order valence-corrected chi connectivity index (χ1v) is 4.40. The number of aryl methyl sites for hydroxylation is 2. The molecule has 1 rings (SSSR count). The Bertz CT molecular complexity index is 334. The lowest BCUT2D eigenvalue weighted by Crippen LogP contribution is -2.06. The summed E-state index contributed by atoms with van der Waals surface area (Å²) in [7, 11) is 0.